The second-order valence-corrected chi connectivity index (χ2v) is 3.04. The number of nitro groups is 1. The first-order valence-corrected chi connectivity index (χ1v) is 4.57. The Morgan fingerprint density at radius 2 is 2.27 bits per heavy atom. The van der Waals surface area contributed by atoms with E-state index in [1.54, 1.807) is 18.2 Å². The molecule has 0 heterocycles. The van der Waals surface area contributed by atoms with Crippen molar-refractivity contribution in [2.75, 3.05) is 0 Å². The van der Waals surface area contributed by atoms with Crippen LogP contribution in [0.4, 0.5) is 5.69 Å². The molecule has 1 aromatic rings. The summed E-state index contributed by atoms with van der Waals surface area (Å²) in [4.78, 5) is 20.6. The minimum Gasteiger partial charge on any atom is -0.298 e. The molecule has 0 atom stereocenters. The number of non-ortho nitro benzene ring substituents is 1. The predicted molar refractivity (Wildman–Crippen MR) is 57.4 cm³/mol. The third-order valence-corrected chi connectivity index (χ3v) is 1.99. The molecule has 0 radical (unpaired) electrons. The molecule has 0 saturated carbocycles. The van der Waals surface area contributed by atoms with Gasteiger partial charge in [0.1, 0.15) is 6.29 Å². The van der Waals surface area contributed by atoms with Crippen molar-refractivity contribution >= 4 is 18.0 Å². The Morgan fingerprint density at radius 3 is 2.80 bits per heavy atom. The van der Waals surface area contributed by atoms with Gasteiger partial charge < -0.3 is 0 Å². The molecule has 15 heavy (non-hydrogen) atoms. The summed E-state index contributed by atoms with van der Waals surface area (Å²) < 4.78 is 0. The number of rotatable bonds is 4. The minimum atomic E-state index is -0.454. The molecule has 0 N–H and O–H groups in total. The highest BCUT2D eigenvalue weighted by Crippen LogP contribution is 2.15. The summed E-state index contributed by atoms with van der Waals surface area (Å²) in [5, 5.41) is 10.5. The van der Waals surface area contributed by atoms with Crippen LogP contribution in [0.1, 0.15) is 18.9 Å². The van der Waals surface area contributed by atoms with Crippen molar-refractivity contribution in [3.05, 3.63) is 45.5 Å². The molecule has 0 amide bonds. The van der Waals surface area contributed by atoms with Crippen molar-refractivity contribution in [2.24, 2.45) is 0 Å². The Morgan fingerprint density at radius 1 is 1.53 bits per heavy atom. The van der Waals surface area contributed by atoms with E-state index in [-0.39, 0.29) is 5.69 Å². The number of carbonyl (C=O) groups excluding carboxylic acids is 1. The van der Waals surface area contributed by atoms with Crippen LogP contribution in [-0.2, 0) is 4.79 Å². The van der Waals surface area contributed by atoms with E-state index in [2.05, 4.69) is 0 Å². The zero-order chi connectivity index (χ0) is 11.3. The van der Waals surface area contributed by atoms with E-state index in [0.29, 0.717) is 17.6 Å². The van der Waals surface area contributed by atoms with Gasteiger partial charge in [0.15, 0.2) is 0 Å². The maximum Gasteiger partial charge on any atom is 0.270 e. The Labute approximate surface area is 87.4 Å². The summed E-state index contributed by atoms with van der Waals surface area (Å²) >= 11 is 0. The van der Waals surface area contributed by atoms with E-state index in [9.17, 15) is 14.9 Å². The molecule has 4 heteroatoms. The second kappa shape index (κ2) is 5.05. The van der Waals surface area contributed by atoms with Gasteiger partial charge in [0.2, 0.25) is 0 Å². The molecule has 0 aliphatic rings. The first kappa shape index (κ1) is 11.1. The van der Waals surface area contributed by atoms with Crippen molar-refractivity contribution in [3.63, 3.8) is 0 Å². The highest BCUT2D eigenvalue weighted by molar-refractivity contribution is 5.81. The first-order valence-electron chi connectivity index (χ1n) is 4.57. The number of aldehydes is 1. The van der Waals surface area contributed by atoms with E-state index in [1.165, 1.54) is 12.1 Å². The molecule has 0 fully saturated rings. The fourth-order valence-corrected chi connectivity index (χ4v) is 1.16. The number of hydrogen-bond donors (Lipinski definition) is 0. The lowest BCUT2D eigenvalue weighted by Gasteiger charge is -1.96. The van der Waals surface area contributed by atoms with E-state index < -0.39 is 4.92 Å². The van der Waals surface area contributed by atoms with Crippen LogP contribution in [0.15, 0.2) is 29.8 Å². The van der Waals surface area contributed by atoms with Gasteiger partial charge >= 0.3 is 0 Å². The molecule has 78 valence electrons. The van der Waals surface area contributed by atoms with Crippen molar-refractivity contribution in [2.45, 2.75) is 13.3 Å². The molecule has 0 saturated heterocycles. The molecule has 0 bridgehead atoms. The number of allylic oxidation sites excluding steroid dienone is 1. The van der Waals surface area contributed by atoms with E-state index in [0.717, 1.165) is 6.29 Å². The highest BCUT2D eigenvalue weighted by atomic mass is 16.6. The summed E-state index contributed by atoms with van der Waals surface area (Å²) in [7, 11) is 0. The smallest absolute Gasteiger partial charge is 0.270 e. The second-order valence-electron chi connectivity index (χ2n) is 3.04. The van der Waals surface area contributed by atoms with Gasteiger partial charge in [-0.3, -0.25) is 14.9 Å². The van der Waals surface area contributed by atoms with Crippen LogP contribution in [0.2, 0.25) is 0 Å². The molecule has 0 aliphatic heterocycles. The summed E-state index contributed by atoms with van der Waals surface area (Å²) in [5.74, 6) is 0. The van der Waals surface area contributed by atoms with Gasteiger partial charge in [-0.15, -0.1) is 0 Å². The van der Waals surface area contributed by atoms with Crippen LogP contribution in [0, 0.1) is 10.1 Å². The van der Waals surface area contributed by atoms with Crippen molar-refractivity contribution < 1.29 is 9.72 Å². The number of nitro benzene ring substituents is 1. The molecule has 0 spiro atoms. The fraction of sp³-hybridized carbons (Fsp3) is 0.182. The van der Waals surface area contributed by atoms with Gasteiger partial charge in [0.25, 0.3) is 5.69 Å². The third-order valence-electron chi connectivity index (χ3n) is 1.99. The van der Waals surface area contributed by atoms with Gasteiger partial charge in [0.05, 0.1) is 4.92 Å². The first-order chi connectivity index (χ1) is 7.17. The van der Waals surface area contributed by atoms with Crippen molar-refractivity contribution in [1.82, 2.24) is 0 Å². The average molecular weight is 205 g/mol. The summed E-state index contributed by atoms with van der Waals surface area (Å²) in [6, 6.07) is 6.19. The monoisotopic (exact) mass is 205 g/mol. The van der Waals surface area contributed by atoms with Crippen LogP contribution < -0.4 is 0 Å². The highest BCUT2D eigenvalue weighted by Gasteiger charge is 2.04. The molecule has 0 aliphatic carbocycles. The lowest BCUT2D eigenvalue weighted by atomic mass is 10.1. The Kier molecular flexibility index (Phi) is 3.74. The molecule has 0 unspecified atom stereocenters. The molecular weight excluding hydrogens is 194 g/mol. The number of benzene rings is 1. The van der Waals surface area contributed by atoms with E-state index in [1.807, 2.05) is 6.92 Å². The summed E-state index contributed by atoms with van der Waals surface area (Å²) in [5.41, 5.74) is 1.33. The quantitative estimate of drug-likeness (QED) is 0.328. The maximum atomic E-state index is 10.6. The third kappa shape index (κ3) is 3.02. The van der Waals surface area contributed by atoms with Crippen LogP contribution in [0.5, 0.6) is 0 Å². The maximum absolute atomic E-state index is 10.6. The van der Waals surface area contributed by atoms with Gasteiger partial charge in [-0.05, 0) is 23.6 Å². The Bertz CT molecular complexity index is 410. The topological polar surface area (TPSA) is 60.2 Å². The Hall–Kier alpha value is -1.97. The molecular formula is C11H11NO3. The number of nitrogens with zero attached hydrogens (tertiary/aromatic N) is 1. The van der Waals surface area contributed by atoms with Crippen LogP contribution in [0.3, 0.4) is 0 Å². The van der Waals surface area contributed by atoms with Crippen molar-refractivity contribution in [1.29, 1.82) is 0 Å². The number of hydrogen-bond acceptors (Lipinski definition) is 3. The zero-order valence-electron chi connectivity index (χ0n) is 8.34. The largest absolute Gasteiger partial charge is 0.298 e. The molecule has 1 aromatic carbocycles. The lowest BCUT2D eigenvalue weighted by molar-refractivity contribution is -0.384. The molecule has 1 rings (SSSR count). The fourth-order valence-electron chi connectivity index (χ4n) is 1.16. The van der Waals surface area contributed by atoms with Crippen LogP contribution in [-0.4, -0.2) is 11.2 Å². The van der Waals surface area contributed by atoms with Crippen LogP contribution >= 0.6 is 0 Å². The summed E-state index contributed by atoms with van der Waals surface area (Å²) in [6.45, 7) is 1.86. The van der Waals surface area contributed by atoms with Gasteiger partial charge in [-0.25, -0.2) is 0 Å². The number of carbonyl (C=O) groups is 1. The SMILES string of the molecule is CCC(C=O)=Cc1cccc([N+](=O)[O-])c1. The minimum absolute atomic E-state index is 0.0325. The van der Waals surface area contributed by atoms with E-state index >= 15 is 0 Å². The molecule has 4 nitrogen and oxygen atoms in total. The van der Waals surface area contributed by atoms with Gasteiger partial charge in [-0.1, -0.05) is 19.1 Å². The standard InChI is InChI=1S/C11H11NO3/c1-2-9(8-13)6-10-4-3-5-11(7-10)12(14)15/h3-8H,2H2,1H3. The molecule has 0 aromatic heterocycles. The summed E-state index contributed by atoms with van der Waals surface area (Å²) in [6.07, 6.45) is 3.03. The normalized spacial score (nSPS) is 11.1. The van der Waals surface area contributed by atoms with Crippen LogP contribution in [0.25, 0.3) is 6.08 Å². The Balaban J connectivity index is 3.05. The van der Waals surface area contributed by atoms with Gasteiger partial charge in [0, 0.05) is 12.1 Å². The van der Waals surface area contributed by atoms with Gasteiger partial charge in [-0.2, -0.15) is 0 Å². The van der Waals surface area contributed by atoms with E-state index in [4.69, 9.17) is 0 Å². The predicted octanol–water partition coefficient (Wildman–Crippen LogP) is 2.59. The zero-order valence-corrected chi connectivity index (χ0v) is 8.34. The van der Waals surface area contributed by atoms with Crippen molar-refractivity contribution in [3.8, 4) is 0 Å². The lowest BCUT2D eigenvalue weighted by Crippen LogP contribution is -1.88. The average Bonchev–Trinajstić information content (AvgIpc) is 2.26.